The number of ether oxygens (including phenoxy) is 1. The Morgan fingerprint density at radius 2 is 2.00 bits per heavy atom. The fraction of sp³-hybridized carbons (Fsp3) is 0.500. The number of piperidine rings is 1. The van der Waals surface area contributed by atoms with E-state index in [1.165, 1.54) is 6.42 Å². The van der Waals surface area contributed by atoms with E-state index in [1.807, 2.05) is 35.2 Å². The second-order valence-electron chi connectivity index (χ2n) is 5.46. The molecule has 0 aliphatic carbocycles. The van der Waals surface area contributed by atoms with Crippen molar-refractivity contribution in [1.82, 2.24) is 4.90 Å². The van der Waals surface area contributed by atoms with E-state index in [-0.39, 0.29) is 5.91 Å². The van der Waals surface area contributed by atoms with Gasteiger partial charge in [0.05, 0.1) is 6.61 Å². The first-order valence-electron chi connectivity index (χ1n) is 8.00. The van der Waals surface area contributed by atoms with Gasteiger partial charge in [-0.2, -0.15) is 0 Å². The van der Waals surface area contributed by atoms with Gasteiger partial charge in [-0.3, -0.25) is 4.79 Å². The van der Waals surface area contributed by atoms with Crippen LogP contribution in [-0.4, -0.2) is 30.5 Å². The lowest BCUT2D eigenvalue weighted by Crippen LogP contribution is -2.34. The van der Waals surface area contributed by atoms with Crippen LogP contribution < -0.4 is 4.74 Å². The second kappa shape index (κ2) is 8.50. The summed E-state index contributed by atoms with van der Waals surface area (Å²) in [5.41, 5.74) is 0.971. The Bertz CT molecular complexity index is 476. The maximum atomic E-state index is 12.1. The van der Waals surface area contributed by atoms with Gasteiger partial charge in [0.1, 0.15) is 5.75 Å². The average Bonchev–Trinajstić information content (AvgIpc) is 2.54. The third kappa shape index (κ3) is 4.92. The number of benzene rings is 1. The van der Waals surface area contributed by atoms with Gasteiger partial charge < -0.3 is 9.64 Å². The molecule has 1 aromatic carbocycles. The Morgan fingerprint density at radius 1 is 1.24 bits per heavy atom. The summed E-state index contributed by atoms with van der Waals surface area (Å²) >= 11 is 0. The standard InChI is InChI=1S/C18H25NO2/c1-2-3-15-21-17-10-6-5-9-16(17)11-12-18(20)19-13-7-4-8-14-19/h5-6,9-12H,2-4,7-8,13-15H2,1H3/b12-11+. The normalized spacial score (nSPS) is 15.4. The molecule has 0 aromatic heterocycles. The molecule has 1 saturated heterocycles. The van der Waals surface area contributed by atoms with Crippen molar-refractivity contribution in [3.05, 3.63) is 35.9 Å². The molecule has 0 atom stereocenters. The Balaban J connectivity index is 1.97. The number of carbonyl (C=O) groups excluding carboxylic acids is 1. The molecule has 3 nitrogen and oxygen atoms in total. The summed E-state index contributed by atoms with van der Waals surface area (Å²) in [5.74, 6) is 0.965. The van der Waals surface area contributed by atoms with E-state index in [4.69, 9.17) is 4.74 Å². The van der Waals surface area contributed by atoms with Crippen LogP contribution in [0.4, 0.5) is 0 Å². The zero-order chi connectivity index (χ0) is 14.9. The van der Waals surface area contributed by atoms with E-state index < -0.39 is 0 Å². The molecule has 0 bridgehead atoms. The molecule has 114 valence electrons. The summed E-state index contributed by atoms with van der Waals surface area (Å²) in [6.07, 6.45) is 9.19. The Kier molecular flexibility index (Phi) is 6.32. The van der Waals surface area contributed by atoms with Gasteiger partial charge >= 0.3 is 0 Å². The van der Waals surface area contributed by atoms with Crippen molar-refractivity contribution in [3.63, 3.8) is 0 Å². The van der Waals surface area contributed by atoms with Gasteiger partial charge in [-0.15, -0.1) is 0 Å². The predicted octanol–water partition coefficient (Wildman–Crippen LogP) is 3.89. The van der Waals surface area contributed by atoms with Gasteiger partial charge in [0.15, 0.2) is 0 Å². The maximum absolute atomic E-state index is 12.1. The molecule has 1 aromatic rings. The van der Waals surface area contributed by atoms with Crippen molar-refractivity contribution >= 4 is 12.0 Å². The quantitative estimate of drug-likeness (QED) is 0.587. The van der Waals surface area contributed by atoms with Gasteiger partial charge in [0.2, 0.25) is 5.91 Å². The third-order valence-corrected chi connectivity index (χ3v) is 3.75. The minimum Gasteiger partial charge on any atom is -0.493 e. The summed E-state index contributed by atoms with van der Waals surface area (Å²) in [5, 5.41) is 0. The summed E-state index contributed by atoms with van der Waals surface area (Å²) in [6.45, 7) is 4.64. The first-order chi connectivity index (χ1) is 10.3. The van der Waals surface area contributed by atoms with Crippen LogP contribution in [0.25, 0.3) is 6.08 Å². The average molecular weight is 287 g/mol. The van der Waals surface area contributed by atoms with Gasteiger partial charge in [0.25, 0.3) is 0 Å². The molecule has 0 saturated carbocycles. The van der Waals surface area contributed by atoms with Gasteiger partial charge in [-0.25, -0.2) is 0 Å². The summed E-state index contributed by atoms with van der Waals surface area (Å²) in [4.78, 5) is 14.1. The lowest BCUT2D eigenvalue weighted by Gasteiger charge is -2.25. The van der Waals surface area contributed by atoms with E-state index >= 15 is 0 Å². The fourth-order valence-corrected chi connectivity index (χ4v) is 2.46. The molecule has 0 spiro atoms. The number of amides is 1. The molecule has 0 N–H and O–H groups in total. The van der Waals surface area contributed by atoms with Gasteiger partial charge in [0, 0.05) is 24.7 Å². The van der Waals surface area contributed by atoms with Crippen molar-refractivity contribution < 1.29 is 9.53 Å². The molecule has 1 aliphatic heterocycles. The second-order valence-corrected chi connectivity index (χ2v) is 5.46. The molecule has 1 fully saturated rings. The van der Waals surface area contributed by atoms with Crippen LogP contribution in [0.2, 0.25) is 0 Å². The van der Waals surface area contributed by atoms with Crippen molar-refractivity contribution in [1.29, 1.82) is 0 Å². The lowest BCUT2D eigenvalue weighted by molar-refractivity contribution is -0.126. The zero-order valence-corrected chi connectivity index (χ0v) is 12.9. The maximum Gasteiger partial charge on any atom is 0.246 e. The van der Waals surface area contributed by atoms with Crippen LogP contribution in [0.5, 0.6) is 5.75 Å². The molecule has 1 heterocycles. The fourth-order valence-electron chi connectivity index (χ4n) is 2.46. The van der Waals surface area contributed by atoms with E-state index in [0.717, 1.165) is 56.7 Å². The van der Waals surface area contributed by atoms with E-state index in [1.54, 1.807) is 6.08 Å². The summed E-state index contributed by atoms with van der Waals surface area (Å²) in [6, 6.07) is 7.88. The Labute approximate surface area is 127 Å². The van der Waals surface area contributed by atoms with Crippen LogP contribution >= 0.6 is 0 Å². The highest BCUT2D eigenvalue weighted by Crippen LogP contribution is 2.20. The number of hydrogen-bond acceptors (Lipinski definition) is 2. The number of carbonyl (C=O) groups is 1. The molecule has 21 heavy (non-hydrogen) atoms. The van der Waals surface area contributed by atoms with E-state index in [2.05, 4.69) is 6.92 Å². The van der Waals surface area contributed by atoms with Crippen molar-refractivity contribution in [2.45, 2.75) is 39.0 Å². The van der Waals surface area contributed by atoms with Crippen LogP contribution in [-0.2, 0) is 4.79 Å². The lowest BCUT2D eigenvalue weighted by atomic mass is 10.1. The smallest absolute Gasteiger partial charge is 0.246 e. The number of likely N-dealkylation sites (tertiary alicyclic amines) is 1. The van der Waals surface area contributed by atoms with Crippen molar-refractivity contribution in [2.75, 3.05) is 19.7 Å². The predicted molar refractivity (Wildman–Crippen MR) is 86.3 cm³/mol. The SMILES string of the molecule is CCCCOc1ccccc1/C=C/C(=O)N1CCCCC1. The molecular formula is C18H25NO2. The van der Waals surface area contributed by atoms with Crippen molar-refractivity contribution in [2.24, 2.45) is 0 Å². The van der Waals surface area contributed by atoms with Crippen LogP contribution in [0.3, 0.4) is 0 Å². The zero-order valence-electron chi connectivity index (χ0n) is 12.9. The number of nitrogens with zero attached hydrogens (tertiary/aromatic N) is 1. The highest BCUT2D eigenvalue weighted by atomic mass is 16.5. The first-order valence-corrected chi connectivity index (χ1v) is 8.00. The van der Waals surface area contributed by atoms with E-state index in [0.29, 0.717) is 0 Å². The molecule has 2 rings (SSSR count). The highest BCUT2D eigenvalue weighted by Gasteiger charge is 2.13. The van der Waals surface area contributed by atoms with Crippen molar-refractivity contribution in [3.8, 4) is 5.75 Å². The highest BCUT2D eigenvalue weighted by molar-refractivity contribution is 5.92. The first kappa shape index (κ1) is 15.6. The molecule has 1 aliphatic rings. The van der Waals surface area contributed by atoms with E-state index in [9.17, 15) is 4.79 Å². The van der Waals surface area contributed by atoms with Gasteiger partial charge in [-0.05, 0) is 37.8 Å². The molecular weight excluding hydrogens is 262 g/mol. The number of unbranched alkanes of at least 4 members (excludes halogenated alkanes) is 1. The molecule has 0 radical (unpaired) electrons. The summed E-state index contributed by atoms with van der Waals surface area (Å²) < 4.78 is 5.78. The number of hydrogen-bond donors (Lipinski definition) is 0. The Hall–Kier alpha value is -1.77. The molecule has 3 heteroatoms. The minimum atomic E-state index is 0.109. The minimum absolute atomic E-state index is 0.109. The van der Waals surface area contributed by atoms with Crippen LogP contribution in [0, 0.1) is 0 Å². The summed E-state index contributed by atoms with van der Waals surface area (Å²) in [7, 11) is 0. The third-order valence-electron chi connectivity index (χ3n) is 3.75. The van der Waals surface area contributed by atoms with Crippen LogP contribution in [0.1, 0.15) is 44.6 Å². The topological polar surface area (TPSA) is 29.5 Å². The number of para-hydroxylation sites is 1. The van der Waals surface area contributed by atoms with Gasteiger partial charge in [-0.1, -0.05) is 31.5 Å². The largest absolute Gasteiger partial charge is 0.493 e. The molecule has 1 amide bonds. The monoisotopic (exact) mass is 287 g/mol. The van der Waals surface area contributed by atoms with Crippen LogP contribution in [0.15, 0.2) is 30.3 Å². The Morgan fingerprint density at radius 3 is 2.76 bits per heavy atom. The number of rotatable bonds is 6. The molecule has 0 unspecified atom stereocenters.